The maximum atomic E-state index is 10.5. The summed E-state index contributed by atoms with van der Waals surface area (Å²) in [5.74, 6) is 0.417. The second kappa shape index (κ2) is 4.11. The van der Waals surface area contributed by atoms with Crippen molar-refractivity contribution in [2.24, 2.45) is 4.99 Å². The van der Waals surface area contributed by atoms with E-state index in [2.05, 4.69) is 11.9 Å². The quantitative estimate of drug-likeness (QED) is 0.456. The molecule has 11 heavy (non-hydrogen) atoms. The number of cyclic esters (lactones) is 1. The fourth-order valence-corrected chi connectivity index (χ4v) is 1.00. The van der Waals surface area contributed by atoms with E-state index in [4.69, 9.17) is 4.74 Å². The molecular weight excluding hydrogens is 142 g/mol. The highest BCUT2D eigenvalue weighted by molar-refractivity contribution is 5.94. The highest BCUT2D eigenvalue weighted by atomic mass is 16.6. The Hall–Kier alpha value is -0.860. The van der Waals surface area contributed by atoms with Crippen LogP contribution < -0.4 is 0 Å². The zero-order chi connectivity index (χ0) is 8.10. The molecule has 0 N–H and O–H groups in total. The standard InChI is InChI=1S/C8H13NO2/c1-2-3-4-5-7-9-6-8(10)11-7/h2-6H2,1H3. The summed E-state index contributed by atoms with van der Waals surface area (Å²) >= 11 is 0. The van der Waals surface area contributed by atoms with Crippen LogP contribution in [0, 0.1) is 0 Å². The van der Waals surface area contributed by atoms with Crippen LogP contribution in [-0.4, -0.2) is 18.4 Å². The zero-order valence-electron chi connectivity index (χ0n) is 6.80. The normalized spacial score (nSPS) is 16.5. The van der Waals surface area contributed by atoms with Gasteiger partial charge in [0.1, 0.15) is 6.54 Å². The Kier molecular flexibility index (Phi) is 3.08. The van der Waals surface area contributed by atoms with E-state index in [-0.39, 0.29) is 12.5 Å². The van der Waals surface area contributed by atoms with Crippen molar-refractivity contribution in [3.8, 4) is 0 Å². The van der Waals surface area contributed by atoms with E-state index in [0.717, 1.165) is 12.8 Å². The number of hydrogen-bond donors (Lipinski definition) is 0. The average Bonchev–Trinajstić information content (AvgIpc) is 2.37. The van der Waals surface area contributed by atoms with E-state index in [9.17, 15) is 4.79 Å². The highest BCUT2D eigenvalue weighted by Gasteiger charge is 2.14. The fraction of sp³-hybridized carbons (Fsp3) is 0.750. The van der Waals surface area contributed by atoms with Gasteiger partial charge in [-0.2, -0.15) is 0 Å². The summed E-state index contributed by atoms with van der Waals surface area (Å²) in [7, 11) is 0. The predicted octanol–water partition coefficient (Wildman–Crippen LogP) is 1.52. The maximum absolute atomic E-state index is 10.5. The summed E-state index contributed by atoms with van der Waals surface area (Å²) in [6, 6.07) is 0. The van der Waals surface area contributed by atoms with Crippen molar-refractivity contribution in [2.45, 2.75) is 32.6 Å². The van der Waals surface area contributed by atoms with Crippen LogP contribution in [0.4, 0.5) is 0 Å². The van der Waals surface area contributed by atoms with Gasteiger partial charge in [-0.3, -0.25) is 0 Å². The van der Waals surface area contributed by atoms with Gasteiger partial charge in [0, 0.05) is 6.42 Å². The van der Waals surface area contributed by atoms with Gasteiger partial charge in [-0.05, 0) is 6.42 Å². The summed E-state index contributed by atoms with van der Waals surface area (Å²) < 4.78 is 4.82. The molecule has 0 radical (unpaired) electrons. The topological polar surface area (TPSA) is 38.7 Å². The van der Waals surface area contributed by atoms with Crippen molar-refractivity contribution in [1.82, 2.24) is 0 Å². The van der Waals surface area contributed by atoms with Crippen LogP contribution >= 0.6 is 0 Å². The van der Waals surface area contributed by atoms with E-state index in [1.54, 1.807) is 0 Å². The molecule has 1 aliphatic rings. The largest absolute Gasteiger partial charge is 0.411 e. The molecule has 0 amide bonds. The molecule has 0 atom stereocenters. The summed E-state index contributed by atoms with van der Waals surface area (Å²) in [5.41, 5.74) is 0. The molecule has 0 aromatic heterocycles. The van der Waals surface area contributed by atoms with Crippen LogP contribution in [0.3, 0.4) is 0 Å². The lowest BCUT2D eigenvalue weighted by Crippen LogP contribution is -2.03. The lowest BCUT2D eigenvalue weighted by Gasteiger charge is -1.97. The van der Waals surface area contributed by atoms with Crippen LogP contribution in [0.1, 0.15) is 32.6 Å². The molecule has 0 bridgehead atoms. The van der Waals surface area contributed by atoms with Crippen molar-refractivity contribution in [1.29, 1.82) is 0 Å². The zero-order valence-corrected chi connectivity index (χ0v) is 6.80. The first-order valence-corrected chi connectivity index (χ1v) is 4.07. The third-order valence-electron chi connectivity index (χ3n) is 1.61. The van der Waals surface area contributed by atoms with Crippen molar-refractivity contribution in [2.75, 3.05) is 6.54 Å². The van der Waals surface area contributed by atoms with E-state index in [1.807, 2.05) is 0 Å². The number of rotatable bonds is 4. The fourth-order valence-electron chi connectivity index (χ4n) is 1.00. The summed E-state index contributed by atoms with van der Waals surface area (Å²) in [6.07, 6.45) is 4.25. The van der Waals surface area contributed by atoms with Gasteiger partial charge in [-0.15, -0.1) is 0 Å². The van der Waals surface area contributed by atoms with Gasteiger partial charge in [-0.1, -0.05) is 19.8 Å². The maximum Gasteiger partial charge on any atom is 0.334 e. The predicted molar refractivity (Wildman–Crippen MR) is 42.5 cm³/mol. The summed E-state index contributed by atoms with van der Waals surface area (Å²) in [5, 5.41) is 0. The van der Waals surface area contributed by atoms with Gasteiger partial charge in [0.25, 0.3) is 0 Å². The average molecular weight is 155 g/mol. The number of esters is 1. The molecule has 0 saturated carbocycles. The second-order valence-electron chi connectivity index (χ2n) is 2.64. The number of nitrogens with zero attached hydrogens (tertiary/aromatic N) is 1. The molecule has 0 aromatic rings. The van der Waals surface area contributed by atoms with Crippen LogP contribution in [0.15, 0.2) is 4.99 Å². The van der Waals surface area contributed by atoms with E-state index < -0.39 is 0 Å². The van der Waals surface area contributed by atoms with Crippen molar-refractivity contribution >= 4 is 11.9 Å². The van der Waals surface area contributed by atoms with Crippen molar-refractivity contribution < 1.29 is 9.53 Å². The Bertz CT molecular complexity index is 175. The van der Waals surface area contributed by atoms with E-state index in [0.29, 0.717) is 5.90 Å². The molecule has 1 heterocycles. The molecule has 1 aliphatic heterocycles. The summed E-state index contributed by atoms with van der Waals surface area (Å²) in [6.45, 7) is 2.37. The Balaban J connectivity index is 2.13. The monoisotopic (exact) mass is 155 g/mol. The van der Waals surface area contributed by atoms with Gasteiger partial charge >= 0.3 is 5.97 Å². The Morgan fingerprint density at radius 1 is 1.55 bits per heavy atom. The highest BCUT2D eigenvalue weighted by Crippen LogP contribution is 2.06. The molecule has 3 nitrogen and oxygen atoms in total. The third kappa shape index (κ3) is 2.70. The van der Waals surface area contributed by atoms with Crippen molar-refractivity contribution in [3.05, 3.63) is 0 Å². The minimum absolute atomic E-state index is 0.212. The van der Waals surface area contributed by atoms with Crippen molar-refractivity contribution in [3.63, 3.8) is 0 Å². The first-order chi connectivity index (χ1) is 5.33. The number of hydrogen-bond acceptors (Lipinski definition) is 3. The lowest BCUT2D eigenvalue weighted by molar-refractivity contribution is -0.132. The first kappa shape index (κ1) is 8.24. The number of aliphatic imine (C=N–C) groups is 1. The SMILES string of the molecule is CCCCCC1=NCC(=O)O1. The van der Waals surface area contributed by atoms with Gasteiger partial charge in [-0.25, -0.2) is 9.79 Å². The molecule has 0 aromatic carbocycles. The van der Waals surface area contributed by atoms with E-state index in [1.165, 1.54) is 12.8 Å². The molecule has 0 fully saturated rings. The van der Waals surface area contributed by atoms with Gasteiger partial charge in [0.15, 0.2) is 5.90 Å². The molecular formula is C8H13NO2. The molecule has 62 valence electrons. The smallest absolute Gasteiger partial charge is 0.334 e. The summed E-state index contributed by atoms with van der Waals surface area (Å²) in [4.78, 5) is 14.5. The number of unbranched alkanes of at least 4 members (excludes halogenated alkanes) is 2. The lowest BCUT2D eigenvalue weighted by atomic mass is 10.2. The van der Waals surface area contributed by atoms with E-state index >= 15 is 0 Å². The Morgan fingerprint density at radius 3 is 2.91 bits per heavy atom. The first-order valence-electron chi connectivity index (χ1n) is 4.07. The second-order valence-corrected chi connectivity index (χ2v) is 2.64. The minimum atomic E-state index is -0.212. The molecule has 3 heteroatoms. The van der Waals surface area contributed by atoms with Crippen LogP contribution in [0.25, 0.3) is 0 Å². The molecule has 0 spiro atoms. The third-order valence-corrected chi connectivity index (χ3v) is 1.61. The van der Waals surface area contributed by atoms with Crippen LogP contribution in [-0.2, 0) is 9.53 Å². The molecule has 1 rings (SSSR count). The van der Waals surface area contributed by atoms with Gasteiger partial charge < -0.3 is 4.74 Å². The molecule has 0 unspecified atom stereocenters. The number of carbonyl (C=O) groups is 1. The minimum Gasteiger partial charge on any atom is -0.411 e. The number of carbonyl (C=O) groups excluding carboxylic acids is 1. The van der Waals surface area contributed by atoms with Gasteiger partial charge in [0.2, 0.25) is 0 Å². The van der Waals surface area contributed by atoms with Crippen LogP contribution in [0.5, 0.6) is 0 Å². The molecule has 0 saturated heterocycles. The van der Waals surface area contributed by atoms with Crippen LogP contribution in [0.2, 0.25) is 0 Å². The Labute approximate surface area is 66.5 Å². The number of ether oxygens (including phenoxy) is 1. The van der Waals surface area contributed by atoms with Gasteiger partial charge in [0.05, 0.1) is 0 Å². The Morgan fingerprint density at radius 2 is 2.36 bits per heavy atom. The molecule has 0 aliphatic carbocycles.